The molecule has 0 amide bonds. The van der Waals surface area contributed by atoms with Crippen LogP contribution in [0.4, 0.5) is 0 Å². The molecule has 0 saturated carbocycles. The van der Waals surface area contributed by atoms with Crippen molar-refractivity contribution in [2.45, 2.75) is 30.4 Å². The number of imidazole rings is 1. The number of fused-ring (bicyclic) bond motifs is 1. The van der Waals surface area contributed by atoms with Gasteiger partial charge < -0.3 is 0 Å². The Morgan fingerprint density at radius 2 is 1.82 bits per heavy atom. The summed E-state index contributed by atoms with van der Waals surface area (Å²) in [4.78, 5) is 5.59. The zero-order chi connectivity index (χ0) is 16.1. The van der Waals surface area contributed by atoms with Gasteiger partial charge in [-0.15, -0.1) is 5.10 Å². The molecule has 0 aliphatic carbocycles. The molecule has 3 aromatic rings. The molecule has 0 saturated heterocycles. The highest BCUT2D eigenvalue weighted by atomic mass is 79.9. The molecule has 116 valence electrons. The van der Waals surface area contributed by atoms with Crippen LogP contribution in [0.1, 0.15) is 20.8 Å². The fraction of sp³-hybridized carbons (Fsp3) is 0.286. The smallest absolute Gasteiger partial charge is 0.213 e. The van der Waals surface area contributed by atoms with Gasteiger partial charge >= 0.3 is 0 Å². The Kier molecular flexibility index (Phi) is 3.65. The second-order valence-electron chi connectivity index (χ2n) is 5.85. The molecular weight excluding hydrogens is 386 g/mol. The molecule has 2 aromatic heterocycles. The van der Waals surface area contributed by atoms with E-state index >= 15 is 0 Å². The van der Waals surface area contributed by atoms with Crippen LogP contribution in [-0.2, 0) is 9.84 Å². The van der Waals surface area contributed by atoms with Gasteiger partial charge in [-0.1, -0.05) is 23.5 Å². The third-order valence-corrected chi connectivity index (χ3v) is 7.15. The van der Waals surface area contributed by atoms with E-state index in [1.54, 1.807) is 49.6 Å². The second-order valence-corrected chi connectivity index (χ2v) is 10.8. The molecule has 0 atom stereocenters. The van der Waals surface area contributed by atoms with E-state index in [9.17, 15) is 8.42 Å². The largest absolute Gasteiger partial charge is 0.223 e. The van der Waals surface area contributed by atoms with Crippen LogP contribution in [0.15, 0.2) is 39.3 Å². The van der Waals surface area contributed by atoms with Crippen molar-refractivity contribution in [2.75, 3.05) is 0 Å². The van der Waals surface area contributed by atoms with Crippen molar-refractivity contribution in [3.8, 4) is 11.3 Å². The third kappa shape index (κ3) is 2.59. The van der Waals surface area contributed by atoms with Crippen LogP contribution >= 0.6 is 27.3 Å². The van der Waals surface area contributed by atoms with Gasteiger partial charge in [0, 0.05) is 5.56 Å². The summed E-state index contributed by atoms with van der Waals surface area (Å²) in [6, 6.07) is 6.82. The predicted molar refractivity (Wildman–Crippen MR) is 90.9 cm³/mol. The molecule has 0 aliphatic rings. The number of hydrogen-bond acceptors (Lipinski definition) is 5. The summed E-state index contributed by atoms with van der Waals surface area (Å²) < 4.78 is 26.5. The second kappa shape index (κ2) is 5.14. The van der Waals surface area contributed by atoms with Gasteiger partial charge in [-0.2, -0.15) is 0 Å². The lowest BCUT2D eigenvalue weighted by atomic mass is 10.2. The Balaban J connectivity index is 1.99. The first-order valence-corrected chi connectivity index (χ1v) is 9.64. The van der Waals surface area contributed by atoms with Crippen molar-refractivity contribution < 1.29 is 8.42 Å². The van der Waals surface area contributed by atoms with Crippen molar-refractivity contribution >= 4 is 42.1 Å². The number of sulfone groups is 1. The van der Waals surface area contributed by atoms with E-state index in [4.69, 9.17) is 0 Å². The molecule has 0 bridgehead atoms. The molecule has 3 rings (SSSR count). The predicted octanol–water partition coefficient (Wildman–Crippen LogP) is 3.79. The van der Waals surface area contributed by atoms with Gasteiger partial charge in [0.05, 0.1) is 21.5 Å². The Bertz CT molecular complexity index is 903. The van der Waals surface area contributed by atoms with Gasteiger partial charge in [0.15, 0.2) is 13.8 Å². The number of halogens is 1. The minimum atomic E-state index is -3.34. The van der Waals surface area contributed by atoms with Crippen molar-refractivity contribution in [3.05, 3.63) is 34.4 Å². The van der Waals surface area contributed by atoms with E-state index in [-0.39, 0.29) is 0 Å². The number of benzene rings is 1. The average molecular weight is 400 g/mol. The Morgan fingerprint density at radius 3 is 2.36 bits per heavy atom. The molecule has 0 radical (unpaired) electrons. The van der Waals surface area contributed by atoms with Gasteiger partial charge in [0.25, 0.3) is 0 Å². The highest BCUT2D eigenvalue weighted by Crippen LogP contribution is 2.28. The van der Waals surface area contributed by atoms with E-state index in [2.05, 4.69) is 26.0 Å². The molecule has 2 heterocycles. The molecule has 0 aliphatic heterocycles. The van der Waals surface area contributed by atoms with E-state index in [0.29, 0.717) is 4.90 Å². The molecule has 1 aromatic carbocycles. The van der Waals surface area contributed by atoms with Crippen molar-refractivity contribution in [1.82, 2.24) is 14.6 Å². The maximum Gasteiger partial charge on any atom is 0.213 e. The summed E-state index contributed by atoms with van der Waals surface area (Å²) in [6.07, 6.45) is 1.82. The first-order valence-electron chi connectivity index (χ1n) is 6.55. The van der Waals surface area contributed by atoms with Gasteiger partial charge in [-0.25, -0.2) is 17.9 Å². The lowest BCUT2D eigenvalue weighted by Gasteiger charge is -2.19. The topological polar surface area (TPSA) is 64.3 Å². The van der Waals surface area contributed by atoms with Crippen LogP contribution < -0.4 is 0 Å². The fourth-order valence-electron chi connectivity index (χ4n) is 1.97. The Hall–Kier alpha value is -1.25. The van der Waals surface area contributed by atoms with E-state index < -0.39 is 14.6 Å². The normalized spacial score (nSPS) is 12.9. The maximum atomic E-state index is 12.4. The van der Waals surface area contributed by atoms with Crippen LogP contribution in [0.3, 0.4) is 0 Å². The highest BCUT2D eigenvalue weighted by molar-refractivity contribution is 9.11. The van der Waals surface area contributed by atoms with Crippen LogP contribution in [0.5, 0.6) is 0 Å². The van der Waals surface area contributed by atoms with E-state index in [1.807, 2.05) is 6.20 Å². The minimum absolute atomic E-state index is 0.325. The highest BCUT2D eigenvalue weighted by Gasteiger charge is 2.30. The zero-order valence-electron chi connectivity index (χ0n) is 12.2. The Labute approximate surface area is 141 Å². The van der Waals surface area contributed by atoms with Crippen LogP contribution in [0.2, 0.25) is 0 Å². The van der Waals surface area contributed by atoms with Gasteiger partial charge in [-0.05, 0) is 48.8 Å². The summed E-state index contributed by atoms with van der Waals surface area (Å²) in [5.41, 5.74) is 1.63. The first-order chi connectivity index (χ1) is 10.2. The van der Waals surface area contributed by atoms with E-state index in [0.717, 1.165) is 20.1 Å². The molecule has 0 fully saturated rings. The SMILES string of the molecule is CC(C)(C)S(=O)(=O)c1ccc(-c2cn3nc(Br)sc3n2)cc1. The number of nitrogens with zero attached hydrogens (tertiary/aromatic N) is 3. The molecule has 0 spiro atoms. The summed E-state index contributed by atoms with van der Waals surface area (Å²) in [5, 5.41) is 4.24. The van der Waals surface area contributed by atoms with Crippen LogP contribution in [-0.4, -0.2) is 27.8 Å². The van der Waals surface area contributed by atoms with Crippen LogP contribution in [0.25, 0.3) is 16.2 Å². The van der Waals surface area contributed by atoms with E-state index in [1.165, 1.54) is 11.3 Å². The van der Waals surface area contributed by atoms with Gasteiger partial charge in [0.1, 0.15) is 0 Å². The van der Waals surface area contributed by atoms with Crippen molar-refractivity contribution in [2.24, 2.45) is 0 Å². The van der Waals surface area contributed by atoms with Gasteiger partial charge in [-0.3, -0.25) is 0 Å². The van der Waals surface area contributed by atoms with Crippen molar-refractivity contribution in [3.63, 3.8) is 0 Å². The molecular formula is C14H14BrN3O2S2. The van der Waals surface area contributed by atoms with Gasteiger partial charge in [0.2, 0.25) is 4.96 Å². The number of hydrogen-bond donors (Lipinski definition) is 0. The third-order valence-electron chi connectivity index (χ3n) is 3.29. The summed E-state index contributed by atoms with van der Waals surface area (Å²) in [5.74, 6) is 0. The average Bonchev–Trinajstić information content (AvgIpc) is 2.94. The summed E-state index contributed by atoms with van der Waals surface area (Å²) in [7, 11) is -3.34. The first kappa shape index (κ1) is 15.6. The number of aromatic nitrogens is 3. The molecule has 0 unspecified atom stereocenters. The lowest BCUT2D eigenvalue weighted by Crippen LogP contribution is -2.27. The van der Waals surface area contributed by atoms with Crippen LogP contribution in [0, 0.1) is 0 Å². The Morgan fingerprint density at radius 1 is 1.18 bits per heavy atom. The standard InChI is InChI=1S/C14H14BrN3O2S2/c1-14(2,3)22(19,20)10-6-4-9(5-7-10)11-8-18-13(16-11)21-12(15)17-18/h4-8H,1-3H3. The number of rotatable bonds is 2. The quantitative estimate of drug-likeness (QED) is 0.657. The minimum Gasteiger partial charge on any atom is -0.223 e. The zero-order valence-corrected chi connectivity index (χ0v) is 15.5. The van der Waals surface area contributed by atoms with Crippen molar-refractivity contribution in [1.29, 1.82) is 0 Å². The monoisotopic (exact) mass is 399 g/mol. The molecule has 22 heavy (non-hydrogen) atoms. The summed E-state index contributed by atoms with van der Waals surface area (Å²) in [6.45, 7) is 5.09. The summed E-state index contributed by atoms with van der Waals surface area (Å²) >= 11 is 4.75. The molecule has 8 heteroatoms. The maximum absolute atomic E-state index is 12.4. The molecule has 0 N–H and O–H groups in total. The lowest BCUT2D eigenvalue weighted by molar-refractivity contribution is 0.560. The fourth-order valence-corrected chi connectivity index (χ4v) is 4.39. The molecule has 5 nitrogen and oxygen atoms in total.